The Labute approximate surface area is 128 Å². The second kappa shape index (κ2) is 5.98. The van der Waals surface area contributed by atoms with Gasteiger partial charge in [-0.25, -0.2) is 0 Å². The summed E-state index contributed by atoms with van der Waals surface area (Å²) >= 11 is 1.18. The number of hydrogen-bond acceptors (Lipinski definition) is 7. The zero-order chi connectivity index (χ0) is 15.5. The van der Waals surface area contributed by atoms with Gasteiger partial charge in [-0.2, -0.15) is 4.52 Å². The van der Waals surface area contributed by atoms with E-state index >= 15 is 0 Å². The maximum absolute atomic E-state index is 12.1. The van der Waals surface area contributed by atoms with Gasteiger partial charge in [0.25, 0.3) is 5.22 Å². The van der Waals surface area contributed by atoms with E-state index in [0.717, 1.165) is 0 Å². The fraction of sp³-hybridized carbons (Fsp3) is 0.154. The first-order valence-corrected chi connectivity index (χ1v) is 7.31. The van der Waals surface area contributed by atoms with Crippen molar-refractivity contribution in [3.05, 3.63) is 36.2 Å². The summed E-state index contributed by atoms with van der Waals surface area (Å²) in [4.78, 5) is 23.0. The number of benzene rings is 1. The van der Waals surface area contributed by atoms with Crippen molar-refractivity contribution in [3.8, 4) is 0 Å². The summed E-state index contributed by atoms with van der Waals surface area (Å²) in [6.45, 7) is 1.43. The minimum atomic E-state index is -0.155. The van der Waals surface area contributed by atoms with E-state index in [-0.39, 0.29) is 23.3 Å². The second-order valence-corrected chi connectivity index (χ2v) is 5.32. The number of carbonyl (C=O) groups is 2. The van der Waals surface area contributed by atoms with Gasteiger partial charge in [0.1, 0.15) is 6.33 Å². The van der Waals surface area contributed by atoms with Gasteiger partial charge < -0.3 is 9.73 Å². The Morgan fingerprint density at radius 1 is 1.32 bits per heavy atom. The number of amides is 1. The highest BCUT2D eigenvalue weighted by Gasteiger charge is 2.12. The Morgan fingerprint density at radius 2 is 2.09 bits per heavy atom. The molecule has 0 saturated carbocycles. The lowest BCUT2D eigenvalue weighted by molar-refractivity contribution is -0.114. The van der Waals surface area contributed by atoms with Crippen molar-refractivity contribution in [2.75, 3.05) is 11.1 Å². The average molecular weight is 317 g/mol. The molecule has 0 bridgehead atoms. The van der Waals surface area contributed by atoms with E-state index < -0.39 is 0 Å². The number of Topliss-reactive ketones (excluding diaryl/α,β-unsaturated/α-hetero) is 1. The van der Waals surface area contributed by atoms with Crippen LogP contribution in [0.1, 0.15) is 17.3 Å². The van der Waals surface area contributed by atoms with Crippen molar-refractivity contribution in [3.63, 3.8) is 0 Å². The lowest BCUT2D eigenvalue weighted by atomic mass is 10.1. The number of fused-ring (bicyclic) bond motifs is 1. The van der Waals surface area contributed by atoms with Crippen LogP contribution in [0.5, 0.6) is 0 Å². The molecule has 0 atom stereocenters. The van der Waals surface area contributed by atoms with Crippen molar-refractivity contribution in [2.45, 2.75) is 12.1 Å². The van der Waals surface area contributed by atoms with Crippen LogP contribution < -0.4 is 5.32 Å². The van der Waals surface area contributed by atoms with Crippen LogP contribution >= 0.6 is 11.8 Å². The normalized spacial score (nSPS) is 10.8. The number of thioether (sulfide) groups is 1. The average Bonchev–Trinajstić information content (AvgIpc) is 3.06. The van der Waals surface area contributed by atoms with Gasteiger partial charge in [0, 0.05) is 18.2 Å². The molecule has 0 saturated heterocycles. The minimum absolute atomic E-state index is 0.0617. The SMILES string of the molecule is CC(=O)Nc1ccc(C(=O)CSc2nn3cnnc3o2)cc1. The number of anilines is 1. The number of nitrogens with zero attached hydrogens (tertiary/aromatic N) is 4. The summed E-state index contributed by atoms with van der Waals surface area (Å²) in [6, 6.07) is 6.70. The first kappa shape index (κ1) is 14.3. The molecule has 1 amide bonds. The van der Waals surface area contributed by atoms with Crippen LogP contribution in [0.15, 0.2) is 40.2 Å². The molecule has 0 fully saturated rings. The van der Waals surface area contributed by atoms with Gasteiger partial charge in [-0.1, -0.05) is 16.9 Å². The third-order valence-electron chi connectivity index (χ3n) is 2.72. The highest BCUT2D eigenvalue weighted by atomic mass is 32.2. The predicted molar refractivity (Wildman–Crippen MR) is 78.8 cm³/mol. The van der Waals surface area contributed by atoms with Gasteiger partial charge >= 0.3 is 5.84 Å². The van der Waals surface area contributed by atoms with Crippen LogP contribution in [0.2, 0.25) is 0 Å². The Kier molecular flexibility index (Phi) is 3.88. The number of nitrogens with one attached hydrogen (secondary N) is 1. The minimum Gasteiger partial charge on any atom is -0.396 e. The molecule has 8 nitrogen and oxygen atoms in total. The monoisotopic (exact) mass is 317 g/mol. The van der Waals surface area contributed by atoms with E-state index in [1.54, 1.807) is 24.3 Å². The largest absolute Gasteiger partial charge is 0.396 e. The molecule has 0 aliphatic heterocycles. The molecule has 112 valence electrons. The molecule has 0 aliphatic carbocycles. The zero-order valence-electron chi connectivity index (χ0n) is 11.5. The van der Waals surface area contributed by atoms with Gasteiger partial charge in [-0.3, -0.25) is 9.59 Å². The number of carbonyl (C=O) groups excluding carboxylic acids is 2. The lowest BCUT2D eigenvalue weighted by Crippen LogP contribution is -2.07. The van der Waals surface area contributed by atoms with Crippen LogP contribution in [0.4, 0.5) is 5.69 Å². The maximum atomic E-state index is 12.1. The van der Waals surface area contributed by atoms with E-state index in [9.17, 15) is 9.59 Å². The molecule has 0 aliphatic rings. The van der Waals surface area contributed by atoms with Crippen LogP contribution in [0, 0.1) is 0 Å². The molecule has 1 N–H and O–H groups in total. The summed E-state index contributed by atoms with van der Waals surface area (Å²) in [7, 11) is 0. The zero-order valence-corrected chi connectivity index (χ0v) is 12.3. The van der Waals surface area contributed by atoms with Gasteiger partial charge in [-0.05, 0) is 24.3 Å². The molecule has 0 spiro atoms. The molecule has 2 heterocycles. The van der Waals surface area contributed by atoms with Crippen molar-refractivity contribution in [1.82, 2.24) is 19.8 Å². The fourth-order valence-electron chi connectivity index (χ4n) is 1.75. The molecule has 1 aromatic carbocycles. The third-order valence-corrected chi connectivity index (χ3v) is 3.54. The number of aromatic nitrogens is 4. The highest BCUT2D eigenvalue weighted by molar-refractivity contribution is 7.99. The Bertz CT molecular complexity index is 795. The highest BCUT2D eigenvalue weighted by Crippen LogP contribution is 2.19. The quantitative estimate of drug-likeness (QED) is 0.564. The van der Waals surface area contributed by atoms with Gasteiger partial charge in [0.2, 0.25) is 5.91 Å². The molecule has 0 unspecified atom stereocenters. The van der Waals surface area contributed by atoms with Gasteiger partial charge in [0.05, 0.1) is 5.75 Å². The maximum Gasteiger partial charge on any atom is 0.345 e. The van der Waals surface area contributed by atoms with Crippen molar-refractivity contribution in [2.24, 2.45) is 0 Å². The van der Waals surface area contributed by atoms with Crippen molar-refractivity contribution in [1.29, 1.82) is 0 Å². The summed E-state index contributed by atoms with van der Waals surface area (Å²) in [5, 5.41) is 14.4. The molecule has 0 radical (unpaired) electrons. The molecule has 2 aromatic heterocycles. The van der Waals surface area contributed by atoms with E-state index in [0.29, 0.717) is 16.5 Å². The van der Waals surface area contributed by atoms with Crippen LogP contribution in [-0.2, 0) is 4.79 Å². The summed E-state index contributed by atoms with van der Waals surface area (Å²) in [6.07, 6.45) is 1.42. The first-order valence-electron chi connectivity index (χ1n) is 6.32. The molecule has 9 heteroatoms. The van der Waals surface area contributed by atoms with Gasteiger partial charge in [-0.15, -0.1) is 10.2 Å². The number of ketones is 1. The van der Waals surface area contributed by atoms with Crippen LogP contribution in [0.3, 0.4) is 0 Å². The van der Waals surface area contributed by atoms with Crippen LogP contribution in [-0.4, -0.2) is 37.3 Å². The second-order valence-electron chi connectivity index (χ2n) is 4.40. The number of rotatable bonds is 5. The van der Waals surface area contributed by atoms with E-state index in [1.807, 2.05) is 0 Å². The molecular weight excluding hydrogens is 306 g/mol. The van der Waals surface area contributed by atoms with Gasteiger partial charge in [0.15, 0.2) is 5.78 Å². The Morgan fingerprint density at radius 3 is 2.77 bits per heavy atom. The first-order chi connectivity index (χ1) is 10.6. The predicted octanol–water partition coefficient (Wildman–Crippen LogP) is 1.65. The Balaban J connectivity index is 1.61. The van der Waals surface area contributed by atoms with E-state index in [4.69, 9.17) is 4.42 Å². The fourth-order valence-corrected chi connectivity index (χ4v) is 2.45. The summed E-state index contributed by atoms with van der Waals surface area (Å²) in [5.74, 6) is 0.261. The standard InChI is InChI=1S/C13H11N5O3S/c1-8(19)15-10-4-2-9(3-5-10)11(20)6-22-13-17-18-7-14-16-12(18)21-13/h2-5,7H,6H2,1H3,(H,15,19). The topological polar surface area (TPSA) is 102 Å². The molecule has 22 heavy (non-hydrogen) atoms. The summed E-state index contributed by atoms with van der Waals surface area (Å²) < 4.78 is 6.70. The molecule has 3 rings (SSSR count). The van der Waals surface area contributed by atoms with Crippen molar-refractivity contribution < 1.29 is 14.0 Å². The molecular formula is C13H11N5O3S. The number of hydrogen-bond donors (Lipinski definition) is 1. The molecule has 3 aromatic rings. The van der Waals surface area contributed by atoms with E-state index in [2.05, 4.69) is 20.6 Å². The third kappa shape index (κ3) is 3.14. The van der Waals surface area contributed by atoms with E-state index in [1.165, 1.54) is 29.5 Å². The Hall–Kier alpha value is -2.68. The smallest absolute Gasteiger partial charge is 0.345 e. The lowest BCUT2D eigenvalue weighted by Gasteiger charge is -2.03. The summed E-state index contributed by atoms with van der Waals surface area (Å²) in [5.41, 5.74) is 1.21. The van der Waals surface area contributed by atoms with Crippen molar-refractivity contribution >= 4 is 35.0 Å². The van der Waals surface area contributed by atoms with Crippen LogP contribution in [0.25, 0.3) is 5.84 Å².